The minimum Gasteiger partial charge on any atom is -0.366 e. The molecule has 4 rings (SSSR count). The Balaban J connectivity index is 1.77. The van der Waals surface area contributed by atoms with Crippen LogP contribution in [0.25, 0.3) is 11.2 Å². The number of imidazole rings is 1. The van der Waals surface area contributed by atoms with Crippen molar-refractivity contribution in [3.05, 3.63) is 54.2 Å². The average molecular weight is 252 g/mol. The number of hydrogen-bond donors (Lipinski definition) is 0. The van der Waals surface area contributed by atoms with Crippen LogP contribution < -0.4 is 0 Å². The number of nitrogens with zero attached hydrogens (tertiary/aromatic N) is 4. The minimum atomic E-state index is 0.102. The number of aromatic nitrogens is 4. The van der Waals surface area contributed by atoms with Crippen molar-refractivity contribution in [3.63, 3.8) is 0 Å². The predicted octanol–water partition coefficient (Wildman–Crippen LogP) is 1.95. The van der Waals surface area contributed by atoms with Crippen molar-refractivity contribution >= 4 is 11.2 Å². The molecule has 94 valence electrons. The van der Waals surface area contributed by atoms with E-state index >= 15 is 0 Å². The molecule has 5 nitrogen and oxygen atoms in total. The zero-order chi connectivity index (χ0) is 12.7. The lowest BCUT2D eigenvalue weighted by Crippen LogP contribution is -2.00. The second-order valence-corrected chi connectivity index (χ2v) is 4.61. The second kappa shape index (κ2) is 4.13. The van der Waals surface area contributed by atoms with Crippen molar-refractivity contribution in [2.75, 3.05) is 6.61 Å². The number of hydrogen-bond acceptors (Lipinski definition) is 4. The van der Waals surface area contributed by atoms with Crippen molar-refractivity contribution in [3.8, 4) is 0 Å². The summed E-state index contributed by atoms with van der Waals surface area (Å²) < 4.78 is 7.33. The fraction of sp³-hybridized carbons (Fsp3) is 0.214. The third-order valence-corrected chi connectivity index (χ3v) is 3.26. The van der Waals surface area contributed by atoms with Gasteiger partial charge in [-0.15, -0.1) is 0 Å². The SMILES string of the molecule is c1ccc(Cn2cnc3c(C4CO4)ncnc32)cc1. The molecule has 1 unspecified atom stereocenters. The van der Waals surface area contributed by atoms with E-state index in [0.29, 0.717) is 0 Å². The third kappa shape index (κ3) is 1.88. The van der Waals surface area contributed by atoms with Crippen LogP contribution in [0.1, 0.15) is 17.4 Å². The lowest BCUT2D eigenvalue weighted by Gasteiger charge is -2.03. The Morgan fingerprint density at radius 1 is 1.16 bits per heavy atom. The van der Waals surface area contributed by atoms with Gasteiger partial charge in [-0.3, -0.25) is 0 Å². The van der Waals surface area contributed by atoms with Gasteiger partial charge in [-0.1, -0.05) is 30.3 Å². The van der Waals surface area contributed by atoms with Crippen LogP contribution in [0, 0.1) is 0 Å². The highest BCUT2D eigenvalue weighted by Crippen LogP contribution is 2.31. The highest BCUT2D eigenvalue weighted by atomic mass is 16.6. The molecule has 1 fully saturated rings. The Morgan fingerprint density at radius 2 is 2.00 bits per heavy atom. The fourth-order valence-electron chi connectivity index (χ4n) is 2.24. The molecule has 0 N–H and O–H groups in total. The second-order valence-electron chi connectivity index (χ2n) is 4.61. The Labute approximate surface area is 109 Å². The fourth-order valence-corrected chi connectivity index (χ4v) is 2.24. The van der Waals surface area contributed by atoms with Crippen LogP contribution in [-0.2, 0) is 11.3 Å². The molecule has 2 aromatic heterocycles. The van der Waals surface area contributed by atoms with Crippen molar-refractivity contribution in [1.82, 2.24) is 19.5 Å². The van der Waals surface area contributed by atoms with Gasteiger partial charge in [0.2, 0.25) is 0 Å². The topological polar surface area (TPSA) is 56.1 Å². The highest BCUT2D eigenvalue weighted by molar-refractivity contribution is 5.73. The lowest BCUT2D eigenvalue weighted by molar-refractivity contribution is 0.412. The van der Waals surface area contributed by atoms with Crippen LogP contribution in [0.4, 0.5) is 0 Å². The van der Waals surface area contributed by atoms with E-state index in [2.05, 4.69) is 27.1 Å². The molecule has 0 radical (unpaired) electrons. The van der Waals surface area contributed by atoms with Gasteiger partial charge >= 0.3 is 0 Å². The Hall–Kier alpha value is -2.27. The molecular weight excluding hydrogens is 240 g/mol. The number of epoxide rings is 1. The maximum atomic E-state index is 5.29. The van der Waals surface area contributed by atoms with Gasteiger partial charge in [-0.05, 0) is 5.56 Å². The normalized spacial score (nSPS) is 17.8. The van der Waals surface area contributed by atoms with E-state index < -0.39 is 0 Å². The van der Waals surface area contributed by atoms with Crippen molar-refractivity contribution in [1.29, 1.82) is 0 Å². The van der Waals surface area contributed by atoms with Crippen LogP contribution >= 0.6 is 0 Å². The van der Waals surface area contributed by atoms with Gasteiger partial charge < -0.3 is 9.30 Å². The third-order valence-electron chi connectivity index (χ3n) is 3.26. The monoisotopic (exact) mass is 252 g/mol. The Morgan fingerprint density at radius 3 is 2.79 bits per heavy atom. The molecule has 5 heteroatoms. The van der Waals surface area contributed by atoms with E-state index in [4.69, 9.17) is 4.74 Å². The predicted molar refractivity (Wildman–Crippen MR) is 69.6 cm³/mol. The minimum absolute atomic E-state index is 0.102. The van der Waals surface area contributed by atoms with Crippen molar-refractivity contribution < 1.29 is 4.74 Å². The molecule has 1 aliphatic rings. The first-order valence-electron chi connectivity index (χ1n) is 6.23. The zero-order valence-corrected chi connectivity index (χ0v) is 10.2. The van der Waals surface area contributed by atoms with Gasteiger partial charge in [0.25, 0.3) is 0 Å². The maximum Gasteiger partial charge on any atom is 0.163 e. The molecule has 19 heavy (non-hydrogen) atoms. The highest BCUT2D eigenvalue weighted by Gasteiger charge is 2.29. The number of fused-ring (bicyclic) bond motifs is 1. The van der Waals surface area contributed by atoms with E-state index in [1.807, 2.05) is 29.1 Å². The van der Waals surface area contributed by atoms with Gasteiger partial charge in [-0.2, -0.15) is 0 Å². The van der Waals surface area contributed by atoms with Gasteiger partial charge in [0.05, 0.1) is 19.5 Å². The van der Waals surface area contributed by atoms with Gasteiger partial charge in [0.15, 0.2) is 5.65 Å². The van der Waals surface area contributed by atoms with E-state index in [1.165, 1.54) is 5.56 Å². The molecule has 1 saturated heterocycles. The van der Waals surface area contributed by atoms with Crippen LogP contribution in [0.5, 0.6) is 0 Å². The quantitative estimate of drug-likeness (QED) is 0.668. The molecular formula is C14H12N4O. The summed E-state index contributed by atoms with van der Waals surface area (Å²) in [7, 11) is 0. The summed E-state index contributed by atoms with van der Waals surface area (Å²) in [5.41, 5.74) is 3.84. The first kappa shape index (κ1) is 10.6. The Kier molecular flexibility index (Phi) is 2.31. The molecule has 0 amide bonds. The Bertz CT molecular complexity index is 719. The van der Waals surface area contributed by atoms with E-state index in [-0.39, 0.29) is 6.10 Å². The van der Waals surface area contributed by atoms with E-state index in [0.717, 1.165) is 30.0 Å². The first-order valence-corrected chi connectivity index (χ1v) is 6.23. The summed E-state index contributed by atoms with van der Waals surface area (Å²) >= 11 is 0. The van der Waals surface area contributed by atoms with E-state index in [9.17, 15) is 0 Å². The van der Waals surface area contributed by atoms with Crippen LogP contribution in [-0.4, -0.2) is 26.1 Å². The smallest absolute Gasteiger partial charge is 0.163 e. The molecule has 1 aliphatic heterocycles. The summed E-state index contributed by atoms with van der Waals surface area (Å²) in [6, 6.07) is 10.3. The van der Waals surface area contributed by atoms with Gasteiger partial charge in [0, 0.05) is 0 Å². The number of rotatable bonds is 3. The summed E-state index contributed by atoms with van der Waals surface area (Å²) in [5.74, 6) is 0. The van der Waals surface area contributed by atoms with Crippen LogP contribution in [0.3, 0.4) is 0 Å². The molecule has 0 aliphatic carbocycles. The van der Waals surface area contributed by atoms with Gasteiger partial charge in [-0.25, -0.2) is 15.0 Å². The number of ether oxygens (including phenoxy) is 1. The van der Waals surface area contributed by atoms with Crippen molar-refractivity contribution in [2.24, 2.45) is 0 Å². The lowest BCUT2D eigenvalue weighted by atomic mass is 10.2. The largest absolute Gasteiger partial charge is 0.366 e. The molecule has 1 aromatic carbocycles. The summed E-state index contributed by atoms with van der Waals surface area (Å²) in [6.45, 7) is 1.50. The molecule has 3 aromatic rings. The van der Waals surface area contributed by atoms with Crippen LogP contribution in [0.2, 0.25) is 0 Å². The van der Waals surface area contributed by atoms with Gasteiger partial charge in [0.1, 0.15) is 23.6 Å². The molecule has 0 spiro atoms. The molecule has 0 bridgehead atoms. The average Bonchev–Trinajstić information content (AvgIpc) is 3.22. The van der Waals surface area contributed by atoms with E-state index in [1.54, 1.807) is 6.33 Å². The van der Waals surface area contributed by atoms with Crippen molar-refractivity contribution in [2.45, 2.75) is 12.6 Å². The summed E-state index contributed by atoms with van der Waals surface area (Å²) in [5, 5.41) is 0. The summed E-state index contributed by atoms with van der Waals surface area (Å²) in [6.07, 6.45) is 3.51. The standard InChI is InChI=1S/C14H12N4O/c1-2-4-10(5-3-1)6-18-9-17-13-12(11-7-19-11)15-8-16-14(13)18/h1-5,8-9,11H,6-7H2. The van der Waals surface area contributed by atoms with Crippen LogP contribution in [0.15, 0.2) is 43.0 Å². The number of benzene rings is 1. The molecule has 1 atom stereocenters. The molecule has 0 saturated carbocycles. The summed E-state index contributed by atoms with van der Waals surface area (Å²) in [4.78, 5) is 13.1. The molecule has 3 heterocycles. The zero-order valence-electron chi connectivity index (χ0n) is 10.2. The maximum absolute atomic E-state index is 5.29. The first-order chi connectivity index (χ1) is 9.42.